The van der Waals surface area contributed by atoms with E-state index in [4.69, 9.17) is 0 Å². The fourth-order valence-corrected chi connectivity index (χ4v) is 5.78. The Hall–Kier alpha value is -2.92. The lowest BCUT2D eigenvalue weighted by atomic mass is 9.97. The van der Waals surface area contributed by atoms with Gasteiger partial charge in [-0.2, -0.15) is 17.5 Å². The minimum atomic E-state index is -4.78. The van der Waals surface area contributed by atoms with E-state index in [0.717, 1.165) is 33.5 Å². The van der Waals surface area contributed by atoms with Crippen molar-refractivity contribution in [3.05, 3.63) is 59.9 Å². The van der Waals surface area contributed by atoms with Crippen molar-refractivity contribution in [2.45, 2.75) is 30.5 Å². The molecule has 1 aliphatic rings. The summed E-state index contributed by atoms with van der Waals surface area (Å²) in [7, 11) is -2.68. The van der Waals surface area contributed by atoms with E-state index < -0.39 is 32.6 Å². The predicted octanol–water partition coefficient (Wildman–Crippen LogP) is 3.64. The summed E-state index contributed by atoms with van der Waals surface area (Å²) in [5.41, 5.74) is 0.478. The minimum absolute atomic E-state index is 0.0244. The molecule has 0 radical (unpaired) electrons. The number of nitrogens with zero attached hydrogens (tertiary/aromatic N) is 3. The molecule has 1 saturated heterocycles. The number of sulfonamides is 1. The SMILES string of the molecule is CN(Cc1nc2ccccc2[nH]1)C(=O)C1CCN(S(=O)(=O)c2ccccc2C(F)(F)F)CC1. The lowest BCUT2D eigenvalue weighted by molar-refractivity contribution is -0.140. The molecule has 0 unspecified atom stereocenters. The van der Waals surface area contributed by atoms with Gasteiger partial charge >= 0.3 is 6.18 Å². The van der Waals surface area contributed by atoms with Crippen molar-refractivity contribution in [1.29, 1.82) is 0 Å². The summed E-state index contributed by atoms with van der Waals surface area (Å²) in [5, 5.41) is 0. The zero-order valence-corrected chi connectivity index (χ0v) is 18.7. The van der Waals surface area contributed by atoms with E-state index in [1.165, 1.54) is 11.0 Å². The topological polar surface area (TPSA) is 86.4 Å². The maximum absolute atomic E-state index is 13.3. The van der Waals surface area contributed by atoms with Crippen molar-refractivity contribution in [1.82, 2.24) is 19.2 Å². The van der Waals surface area contributed by atoms with E-state index in [1.807, 2.05) is 24.3 Å². The molecule has 1 amide bonds. The van der Waals surface area contributed by atoms with E-state index >= 15 is 0 Å². The minimum Gasteiger partial charge on any atom is -0.340 e. The smallest absolute Gasteiger partial charge is 0.340 e. The average molecular weight is 481 g/mol. The Labute approximate surface area is 189 Å². The number of hydrogen-bond donors (Lipinski definition) is 1. The molecule has 4 rings (SSSR count). The third kappa shape index (κ3) is 4.74. The summed E-state index contributed by atoms with van der Waals surface area (Å²) in [6.07, 6.45) is -4.31. The third-order valence-corrected chi connectivity index (χ3v) is 7.77. The number of fused-ring (bicyclic) bond motifs is 1. The maximum Gasteiger partial charge on any atom is 0.417 e. The Bertz CT molecular complexity index is 1230. The van der Waals surface area contributed by atoms with Crippen LogP contribution < -0.4 is 0 Å². The highest BCUT2D eigenvalue weighted by molar-refractivity contribution is 7.89. The number of imidazole rings is 1. The van der Waals surface area contributed by atoms with Gasteiger partial charge in [0.15, 0.2) is 0 Å². The molecule has 3 aromatic rings. The van der Waals surface area contributed by atoms with Crippen molar-refractivity contribution in [2.75, 3.05) is 20.1 Å². The third-order valence-electron chi connectivity index (χ3n) is 5.82. The van der Waals surface area contributed by atoms with Gasteiger partial charge in [0.05, 0.1) is 28.0 Å². The van der Waals surface area contributed by atoms with Gasteiger partial charge in [0.2, 0.25) is 15.9 Å². The molecule has 0 atom stereocenters. The van der Waals surface area contributed by atoms with Crippen LogP contribution in [0.1, 0.15) is 24.2 Å². The second kappa shape index (κ2) is 8.79. The maximum atomic E-state index is 13.3. The monoisotopic (exact) mass is 480 g/mol. The molecule has 33 heavy (non-hydrogen) atoms. The van der Waals surface area contributed by atoms with Gasteiger partial charge < -0.3 is 9.88 Å². The van der Waals surface area contributed by atoms with Crippen LogP contribution in [-0.4, -0.2) is 53.6 Å². The zero-order chi connectivity index (χ0) is 23.8. The first-order valence-electron chi connectivity index (χ1n) is 10.4. The molecule has 2 heterocycles. The zero-order valence-electron chi connectivity index (χ0n) is 17.8. The first kappa shape index (κ1) is 23.2. The number of aromatic amines is 1. The second-order valence-electron chi connectivity index (χ2n) is 8.07. The molecule has 0 aliphatic carbocycles. The number of amides is 1. The Balaban J connectivity index is 1.41. The number of benzene rings is 2. The van der Waals surface area contributed by atoms with Crippen LogP contribution in [0.25, 0.3) is 11.0 Å². The van der Waals surface area contributed by atoms with Gasteiger partial charge in [-0.15, -0.1) is 0 Å². The van der Waals surface area contributed by atoms with Crippen molar-refractivity contribution >= 4 is 27.0 Å². The van der Waals surface area contributed by atoms with Gasteiger partial charge in [-0.1, -0.05) is 24.3 Å². The lowest BCUT2D eigenvalue weighted by Gasteiger charge is -2.32. The molecule has 1 aromatic heterocycles. The van der Waals surface area contributed by atoms with Crippen LogP contribution in [-0.2, 0) is 27.5 Å². The number of alkyl halides is 3. The summed E-state index contributed by atoms with van der Waals surface area (Å²) in [6.45, 7) is 0.220. The van der Waals surface area contributed by atoms with Crippen LogP contribution in [0, 0.1) is 5.92 Å². The normalized spacial score (nSPS) is 16.2. The van der Waals surface area contributed by atoms with Gasteiger partial charge in [-0.25, -0.2) is 13.4 Å². The van der Waals surface area contributed by atoms with Crippen molar-refractivity contribution < 1.29 is 26.4 Å². The van der Waals surface area contributed by atoms with E-state index in [-0.39, 0.29) is 38.4 Å². The predicted molar refractivity (Wildman–Crippen MR) is 115 cm³/mol. The summed E-state index contributed by atoms with van der Waals surface area (Å²) < 4.78 is 66.8. The lowest BCUT2D eigenvalue weighted by Crippen LogP contribution is -2.43. The standard InChI is InChI=1S/C22H23F3N4O3S/c1-28(14-20-26-17-7-3-4-8-18(17)27-20)21(30)15-10-12-29(13-11-15)33(31,32)19-9-5-2-6-16(19)22(23,24)25/h2-9,15H,10-14H2,1H3,(H,26,27). The number of rotatable bonds is 5. The van der Waals surface area contributed by atoms with Gasteiger partial charge in [0.1, 0.15) is 5.82 Å². The number of piperidine rings is 1. The molecule has 0 spiro atoms. The Morgan fingerprint density at radius 2 is 1.76 bits per heavy atom. The van der Waals surface area contributed by atoms with Gasteiger partial charge in [-0.3, -0.25) is 4.79 Å². The fraction of sp³-hybridized carbons (Fsp3) is 0.364. The number of hydrogen-bond acceptors (Lipinski definition) is 4. The number of carbonyl (C=O) groups is 1. The quantitative estimate of drug-likeness (QED) is 0.604. The van der Waals surface area contributed by atoms with Crippen molar-refractivity contribution in [3.8, 4) is 0 Å². The molecular formula is C22H23F3N4O3S. The van der Waals surface area contributed by atoms with Crippen LogP contribution in [0.3, 0.4) is 0 Å². The number of halogens is 3. The van der Waals surface area contributed by atoms with Gasteiger partial charge in [-0.05, 0) is 37.1 Å². The summed E-state index contributed by atoms with van der Waals surface area (Å²) in [4.78, 5) is 21.3. The Morgan fingerprint density at radius 1 is 1.12 bits per heavy atom. The Kier molecular flexibility index (Phi) is 6.19. The van der Waals surface area contributed by atoms with E-state index in [0.29, 0.717) is 5.82 Å². The molecule has 176 valence electrons. The number of carbonyl (C=O) groups excluding carboxylic acids is 1. The molecule has 1 N–H and O–H groups in total. The van der Waals surface area contributed by atoms with Crippen molar-refractivity contribution in [3.63, 3.8) is 0 Å². The summed E-state index contributed by atoms with van der Waals surface area (Å²) in [5.74, 6) is 0.0719. The molecule has 0 saturated carbocycles. The van der Waals surface area contributed by atoms with E-state index in [9.17, 15) is 26.4 Å². The number of nitrogens with one attached hydrogen (secondary N) is 1. The highest BCUT2D eigenvalue weighted by Gasteiger charge is 2.40. The van der Waals surface area contributed by atoms with E-state index in [2.05, 4.69) is 9.97 Å². The molecule has 0 bridgehead atoms. The largest absolute Gasteiger partial charge is 0.417 e. The van der Waals surface area contributed by atoms with Crippen LogP contribution in [0.2, 0.25) is 0 Å². The second-order valence-corrected chi connectivity index (χ2v) is 9.97. The molecule has 7 nitrogen and oxygen atoms in total. The van der Waals surface area contributed by atoms with Crippen LogP contribution in [0.4, 0.5) is 13.2 Å². The summed E-state index contributed by atoms with van der Waals surface area (Å²) in [6, 6.07) is 11.7. The molecule has 2 aromatic carbocycles. The molecule has 1 fully saturated rings. The van der Waals surface area contributed by atoms with Gasteiger partial charge in [0, 0.05) is 26.1 Å². The summed E-state index contributed by atoms with van der Waals surface area (Å²) >= 11 is 0. The molecule has 11 heteroatoms. The van der Waals surface area contributed by atoms with Crippen LogP contribution >= 0.6 is 0 Å². The van der Waals surface area contributed by atoms with Crippen molar-refractivity contribution in [2.24, 2.45) is 5.92 Å². The number of para-hydroxylation sites is 2. The van der Waals surface area contributed by atoms with Gasteiger partial charge in [0.25, 0.3) is 0 Å². The first-order chi connectivity index (χ1) is 15.6. The van der Waals surface area contributed by atoms with Crippen LogP contribution in [0.15, 0.2) is 53.4 Å². The van der Waals surface area contributed by atoms with E-state index in [1.54, 1.807) is 7.05 Å². The number of aromatic nitrogens is 2. The Morgan fingerprint density at radius 3 is 2.42 bits per heavy atom. The molecular weight excluding hydrogens is 457 g/mol. The highest BCUT2D eigenvalue weighted by atomic mass is 32.2. The first-order valence-corrected chi connectivity index (χ1v) is 11.9. The van der Waals surface area contributed by atoms with Crippen LogP contribution in [0.5, 0.6) is 0 Å². The average Bonchev–Trinajstić information content (AvgIpc) is 3.20. The number of H-pyrrole nitrogens is 1. The fourth-order valence-electron chi connectivity index (χ4n) is 4.10. The molecule has 1 aliphatic heterocycles. The highest BCUT2D eigenvalue weighted by Crippen LogP contribution is 2.36.